The molecular formula is C12H14BrNO2. The van der Waals surface area contributed by atoms with Gasteiger partial charge in [0.25, 0.3) is 0 Å². The summed E-state index contributed by atoms with van der Waals surface area (Å²) in [5, 5.41) is 0. The lowest BCUT2D eigenvalue weighted by Gasteiger charge is -2.21. The first-order valence-corrected chi connectivity index (χ1v) is 6.16. The third-order valence-corrected chi connectivity index (χ3v) is 3.37. The number of hydrogen-bond acceptors (Lipinski definition) is 3. The highest BCUT2D eigenvalue weighted by Gasteiger charge is 2.36. The second-order valence-electron chi connectivity index (χ2n) is 4.29. The Labute approximate surface area is 103 Å². The molecule has 86 valence electrons. The predicted molar refractivity (Wildman–Crippen MR) is 64.2 cm³/mol. The lowest BCUT2D eigenvalue weighted by molar-refractivity contribution is -0.136. The van der Waals surface area contributed by atoms with E-state index >= 15 is 0 Å². The molecule has 1 aromatic heterocycles. The van der Waals surface area contributed by atoms with Gasteiger partial charge in [-0.25, -0.2) is 0 Å². The summed E-state index contributed by atoms with van der Waals surface area (Å²) in [7, 11) is 0. The maximum atomic E-state index is 12.1. The van der Waals surface area contributed by atoms with Gasteiger partial charge in [-0.1, -0.05) is 0 Å². The highest BCUT2D eigenvalue weighted by Crippen LogP contribution is 2.27. The molecule has 1 fully saturated rings. The molecule has 0 aromatic carbocycles. The van der Waals surface area contributed by atoms with E-state index in [1.807, 2.05) is 13.0 Å². The standard InChI is InChI=1S/C12H14BrNO2/c1-12(3-2-4-16-12)11(15)6-9-5-10(13)8-14-7-9/h5,7-8H,2-4,6H2,1H3. The summed E-state index contributed by atoms with van der Waals surface area (Å²) in [6.07, 6.45) is 5.62. The third kappa shape index (κ3) is 2.50. The predicted octanol–water partition coefficient (Wildman–Crippen LogP) is 2.52. The van der Waals surface area contributed by atoms with Crippen molar-refractivity contribution in [2.75, 3.05) is 6.61 Å². The van der Waals surface area contributed by atoms with E-state index in [1.54, 1.807) is 12.4 Å². The van der Waals surface area contributed by atoms with Gasteiger partial charge in [-0.15, -0.1) is 0 Å². The van der Waals surface area contributed by atoms with Gasteiger partial charge in [-0.3, -0.25) is 9.78 Å². The highest BCUT2D eigenvalue weighted by atomic mass is 79.9. The molecule has 0 saturated carbocycles. The van der Waals surface area contributed by atoms with Crippen molar-refractivity contribution in [1.82, 2.24) is 4.98 Å². The van der Waals surface area contributed by atoms with Crippen molar-refractivity contribution in [2.24, 2.45) is 0 Å². The molecule has 0 spiro atoms. The maximum Gasteiger partial charge on any atom is 0.168 e. The smallest absolute Gasteiger partial charge is 0.168 e. The fraction of sp³-hybridized carbons (Fsp3) is 0.500. The van der Waals surface area contributed by atoms with Crippen molar-refractivity contribution in [1.29, 1.82) is 0 Å². The molecule has 0 amide bonds. The monoisotopic (exact) mass is 283 g/mol. The minimum atomic E-state index is -0.581. The Morgan fingerprint density at radius 2 is 2.44 bits per heavy atom. The van der Waals surface area contributed by atoms with Crippen LogP contribution in [0.25, 0.3) is 0 Å². The van der Waals surface area contributed by atoms with Gasteiger partial charge in [0.05, 0.1) is 0 Å². The number of ketones is 1. The average molecular weight is 284 g/mol. The molecule has 4 heteroatoms. The molecule has 0 aliphatic carbocycles. The summed E-state index contributed by atoms with van der Waals surface area (Å²) in [6.45, 7) is 2.58. The van der Waals surface area contributed by atoms with Crippen LogP contribution in [-0.2, 0) is 16.0 Å². The first-order valence-electron chi connectivity index (χ1n) is 5.37. The van der Waals surface area contributed by atoms with Gasteiger partial charge in [0.15, 0.2) is 5.78 Å². The lowest BCUT2D eigenvalue weighted by atomic mass is 9.93. The summed E-state index contributed by atoms with van der Waals surface area (Å²) >= 11 is 3.34. The van der Waals surface area contributed by atoms with Crippen LogP contribution >= 0.6 is 15.9 Å². The van der Waals surface area contributed by atoms with E-state index in [0.717, 1.165) is 22.9 Å². The van der Waals surface area contributed by atoms with Crippen LogP contribution in [0.15, 0.2) is 22.9 Å². The number of Topliss-reactive ketones (excluding diaryl/α,β-unsaturated/α-hetero) is 1. The largest absolute Gasteiger partial charge is 0.367 e. The van der Waals surface area contributed by atoms with Gasteiger partial charge in [0.2, 0.25) is 0 Å². The summed E-state index contributed by atoms with van der Waals surface area (Å²) in [6, 6.07) is 1.92. The van der Waals surface area contributed by atoms with Crippen molar-refractivity contribution in [2.45, 2.75) is 31.8 Å². The molecular weight excluding hydrogens is 270 g/mol. The zero-order chi connectivity index (χ0) is 11.6. The molecule has 0 N–H and O–H groups in total. The minimum absolute atomic E-state index is 0.143. The van der Waals surface area contributed by atoms with Gasteiger partial charge < -0.3 is 4.74 Å². The molecule has 0 radical (unpaired) electrons. The Kier molecular flexibility index (Phi) is 3.40. The fourth-order valence-corrected chi connectivity index (χ4v) is 2.34. The van der Waals surface area contributed by atoms with Gasteiger partial charge in [-0.05, 0) is 47.3 Å². The molecule has 1 aromatic rings. The Morgan fingerprint density at radius 3 is 3.06 bits per heavy atom. The Balaban J connectivity index is 2.07. The van der Waals surface area contributed by atoms with Gasteiger partial charge in [-0.2, -0.15) is 0 Å². The van der Waals surface area contributed by atoms with E-state index in [0.29, 0.717) is 13.0 Å². The zero-order valence-corrected chi connectivity index (χ0v) is 10.8. The Morgan fingerprint density at radius 1 is 1.62 bits per heavy atom. The number of carbonyl (C=O) groups is 1. The summed E-state index contributed by atoms with van der Waals surface area (Å²) in [4.78, 5) is 16.1. The van der Waals surface area contributed by atoms with Gasteiger partial charge in [0, 0.05) is 29.9 Å². The number of ether oxygens (including phenoxy) is 1. The normalized spacial score (nSPS) is 24.6. The third-order valence-electron chi connectivity index (χ3n) is 2.93. The number of carbonyl (C=O) groups excluding carboxylic acids is 1. The highest BCUT2D eigenvalue weighted by molar-refractivity contribution is 9.10. The van der Waals surface area contributed by atoms with Crippen LogP contribution in [0.3, 0.4) is 0 Å². The quantitative estimate of drug-likeness (QED) is 0.856. The summed E-state index contributed by atoms with van der Waals surface area (Å²) in [5.41, 5.74) is 0.346. The number of aromatic nitrogens is 1. The van der Waals surface area contributed by atoms with E-state index in [2.05, 4.69) is 20.9 Å². The summed E-state index contributed by atoms with van der Waals surface area (Å²) < 4.78 is 6.42. The molecule has 16 heavy (non-hydrogen) atoms. The van der Waals surface area contributed by atoms with Crippen molar-refractivity contribution in [3.05, 3.63) is 28.5 Å². The molecule has 1 atom stereocenters. The van der Waals surface area contributed by atoms with E-state index in [9.17, 15) is 4.79 Å². The minimum Gasteiger partial charge on any atom is -0.367 e. The number of rotatable bonds is 3. The van der Waals surface area contributed by atoms with Crippen molar-refractivity contribution < 1.29 is 9.53 Å². The Hall–Kier alpha value is -0.740. The van der Waals surface area contributed by atoms with E-state index in [4.69, 9.17) is 4.74 Å². The SMILES string of the molecule is CC1(C(=O)Cc2cncc(Br)c2)CCCO1. The molecule has 2 heterocycles. The topological polar surface area (TPSA) is 39.2 Å². The first kappa shape index (κ1) is 11.7. The number of halogens is 1. The fourth-order valence-electron chi connectivity index (χ4n) is 1.92. The van der Waals surface area contributed by atoms with Crippen molar-refractivity contribution >= 4 is 21.7 Å². The molecule has 1 saturated heterocycles. The van der Waals surface area contributed by atoms with Gasteiger partial charge >= 0.3 is 0 Å². The van der Waals surface area contributed by atoms with E-state index in [-0.39, 0.29) is 5.78 Å². The van der Waals surface area contributed by atoms with Crippen LogP contribution < -0.4 is 0 Å². The Bertz CT molecular complexity index is 400. The van der Waals surface area contributed by atoms with Crippen molar-refractivity contribution in [3.8, 4) is 0 Å². The van der Waals surface area contributed by atoms with Crippen LogP contribution in [0.5, 0.6) is 0 Å². The van der Waals surface area contributed by atoms with Crippen molar-refractivity contribution in [3.63, 3.8) is 0 Å². The van der Waals surface area contributed by atoms with Gasteiger partial charge in [0.1, 0.15) is 5.60 Å². The average Bonchev–Trinajstić information content (AvgIpc) is 2.66. The first-order chi connectivity index (χ1) is 7.60. The zero-order valence-electron chi connectivity index (χ0n) is 9.20. The van der Waals surface area contributed by atoms with Crippen LogP contribution in [0.4, 0.5) is 0 Å². The molecule has 0 bridgehead atoms. The van der Waals surface area contributed by atoms with Crippen LogP contribution in [-0.4, -0.2) is 23.0 Å². The molecule has 1 aliphatic heterocycles. The van der Waals surface area contributed by atoms with E-state index in [1.165, 1.54) is 0 Å². The molecule has 1 unspecified atom stereocenters. The van der Waals surface area contributed by atoms with E-state index < -0.39 is 5.60 Å². The lowest BCUT2D eigenvalue weighted by Crippen LogP contribution is -2.35. The molecule has 3 nitrogen and oxygen atoms in total. The number of hydrogen-bond donors (Lipinski definition) is 0. The van der Waals surface area contributed by atoms with Crippen LogP contribution in [0, 0.1) is 0 Å². The summed E-state index contributed by atoms with van der Waals surface area (Å²) in [5.74, 6) is 0.143. The second kappa shape index (κ2) is 4.63. The van der Waals surface area contributed by atoms with Crippen LogP contribution in [0.1, 0.15) is 25.3 Å². The second-order valence-corrected chi connectivity index (χ2v) is 5.21. The molecule has 1 aliphatic rings. The number of pyridine rings is 1. The maximum absolute atomic E-state index is 12.1. The number of nitrogens with zero attached hydrogens (tertiary/aromatic N) is 1. The molecule has 2 rings (SSSR count). The van der Waals surface area contributed by atoms with Crippen LogP contribution in [0.2, 0.25) is 0 Å².